The maximum Gasteiger partial charge on any atom is 0.0541 e. The maximum atomic E-state index is 2.46. The molecule has 19 aromatic rings. The zero-order chi connectivity index (χ0) is 69.4. The van der Waals surface area contributed by atoms with Gasteiger partial charge >= 0.3 is 0 Å². The lowest BCUT2D eigenvalue weighted by Crippen LogP contribution is -2.10. The normalized spacial score (nSPS) is 11.8. The highest BCUT2D eigenvalue weighted by Gasteiger charge is 2.23. The second kappa shape index (κ2) is 25.5. The fourth-order valence-corrected chi connectivity index (χ4v) is 16.1. The molecule has 19 rings (SSSR count). The first-order chi connectivity index (χ1) is 51.2. The molecule has 0 unspecified atom stereocenters. The second-order valence-corrected chi connectivity index (χ2v) is 28.8. The van der Waals surface area contributed by atoms with Gasteiger partial charge in [0.1, 0.15) is 0 Å². The summed E-state index contributed by atoms with van der Waals surface area (Å²) in [4.78, 5) is 0. The number of nitrogens with zero attached hydrogens (tertiary/aromatic N) is 2. The standard InChI is InChI=1S/C102H72N2/c1-102(2,3)85-56-57-90-95(66-85)101(80-50-46-74(47-51-80)72-34-42-78(43-35-72)84-55-61-99-94(65-84)92-63-82(53-59-97(92)104(99)87-24-14-7-15-25-87)76-38-30-70(31-39-76)68-20-10-5-11-21-68)89-27-17-16-26-88(89)100(90)79-48-44-73(45-49-79)71-32-40-77(41-33-71)83-54-60-98-93(64-83)91-62-81(52-58-96(91)103(98)86-22-12-6-13-23-86)75-36-28-69(29-37-75)67-18-8-4-9-19-67/h4-66H,1-3H3. The van der Waals surface area contributed by atoms with Crippen molar-refractivity contribution in [3.8, 4) is 123 Å². The molecule has 2 heterocycles. The topological polar surface area (TPSA) is 9.86 Å². The first-order valence-corrected chi connectivity index (χ1v) is 36.2. The Hall–Kier alpha value is -13.1. The van der Waals surface area contributed by atoms with Crippen molar-refractivity contribution >= 4 is 65.2 Å². The van der Waals surface area contributed by atoms with Gasteiger partial charge in [-0.1, -0.05) is 324 Å². The Morgan fingerprint density at radius 2 is 0.385 bits per heavy atom. The van der Waals surface area contributed by atoms with Gasteiger partial charge in [0.25, 0.3) is 0 Å². The molecule has 0 atom stereocenters. The number of hydrogen-bond donors (Lipinski definition) is 0. The van der Waals surface area contributed by atoms with Crippen LogP contribution in [0.25, 0.3) is 188 Å². The van der Waals surface area contributed by atoms with Crippen LogP contribution in [0.15, 0.2) is 382 Å². The van der Waals surface area contributed by atoms with E-state index in [0.29, 0.717) is 0 Å². The molecule has 0 aliphatic carbocycles. The van der Waals surface area contributed by atoms with Crippen molar-refractivity contribution in [3.05, 3.63) is 388 Å². The number of benzene rings is 17. The smallest absolute Gasteiger partial charge is 0.0541 e. The Morgan fingerprint density at radius 1 is 0.163 bits per heavy atom. The minimum atomic E-state index is -0.0475. The number of aromatic nitrogens is 2. The first-order valence-electron chi connectivity index (χ1n) is 36.2. The van der Waals surface area contributed by atoms with Crippen molar-refractivity contribution < 1.29 is 0 Å². The second-order valence-electron chi connectivity index (χ2n) is 28.8. The minimum Gasteiger partial charge on any atom is -0.309 e. The van der Waals surface area contributed by atoms with E-state index in [2.05, 4.69) is 412 Å². The molecule has 17 aromatic carbocycles. The van der Waals surface area contributed by atoms with E-state index in [-0.39, 0.29) is 5.41 Å². The Labute approximate surface area is 607 Å². The van der Waals surface area contributed by atoms with Crippen molar-refractivity contribution in [2.45, 2.75) is 26.2 Å². The summed E-state index contributed by atoms with van der Waals surface area (Å²) in [6, 6.07) is 141. The summed E-state index contributed by atoms with van der Waals surface area (Å²) >= 11 is 0. The molecule has 0 radical (unpaired) electrons. The average Bonchev–Trinajstić information content (AvgIpc) is 0.821. The zero-order valence-electron chi connectivity index (χ0n) is 58.3. The van der Waals surface area contributed by atoms with E-state index in [1.165, 1.54) is 182 Å². The zero-order valence-corrected chi connectivity index (χ0v) is 58.3. The van der Waals surface area contributed by atoms with E-state index >= 15 is 0 Å². The van der Waals surface area contributed by atoms with E-state index in [9.17, 15) is 0 Å². The Morgan fingerprint density at radius 3 is 0.673 bits per heavy atom. The van der Waals surface area contributed by atoms with Crippen LogP contribution >= 0.6 is 0 Å². The summed E-state index contributed by atoms with van der Waals surface area (Å²) in [7, 11) is 0. The van der Waals surface area contributed by atoms with Crippen LogP contribution < -0.4 is 0 Å². The molecule has 0 fully saturated rings. The molecule has 0 bridgehead atoms. The fourth-order valence-electron chi connectivity index (χ4n) is 16.1. The van der Waals surface area contributed by atoms with E-state index in [1.807, 2.05) is 0 Å². The third kappa shape index (κ3) is 11.1. The number of hydrogen-bond acceptors (Lipinski definition) is 0. The summed E-state index contributed by atoms with van der Waals surface area (Å²) in [5.74, 6) is 0. The summed E-state index contributed by atoms with van der Waals surface area (Å²) in [5, 5.41) is 9.92. The SMILES string of the molecule is CC(C)(C)c1ccc2c(-c3ccc(-c4ccc(-c5ccc6c(c5)c5cc(-c7ccc(-c8ccccc8)cc7)ccc5n6-c5ccccc5)cc4)cc3)c3ccccc3c(-c3ccc(-c4ccc(-c5ccc6c(c5)c5cc(-c7ccc(-c8ccccc8)cc7)ccc5n6-c5ccccc5)cc4)cc3)c2c1. The molecule has 2 aromatic heterocycles. The van der Waals surface area contributed by atoms with Gasteiger partial charge in [0.15, 0.2) is 0 Å². The quantitative estimate of drug-likeness (QED) is 0.108. The predicted molar refractivity (Wildman–Crippen MR) is 443 cm³/mol. The third-order valence-corrected chi connectivity index (χ3v) is 21.5. The highest BCUT2D eigenvalue weighted by Crippen LogP contribution is 2.47. The molecule has 0 spiro atoms. The van der Waals surface area contributed by atoms with Gasteiger partial charge in [0, 0.05) is 32.9 Å². The molecule has 2 nitrogen and oxygen atoms in total. The van der Waals surface area contributed by atoms with Crippen molar-refractivity contribution in [2.75, 3.05) is 0 Å². The van der Waals surface area contributed by atoms with Gasteiger partial charge in [0.05, 0.1) is 22.1 Å². The van der Waals surface area contributed by atoms with Crippen LogP contribution in [0.3, 0.4) is 0 Å². The molecule has 0 saturated carbocycles. The number of fused-ring (bicyclic) bond motifs is 8. The van der Waals surface area contributed by atoms with Crippen LogP contribution in [0, 0.1) is 0 Å². The lowest BCUT2D eigenvalue weighted by molar-refractivity contribution is 0.591. The van der Waals surface area contributed by atoms with Gasteiger partial charge in [-0.2, -0.15) is 0 Å². The van der Waals surface area contributed by atoms with E-state index in [4.69, 9.17) is 0 Å². The third-order valence-electron chi connectivity index (χ3n) is 21.5. The fraction of sp³-hybridized carbons (Fsp3) is 0.0392. The Kier molecular flexibility index (Phi) is 15.2. The molecule has 2 heteroatoms. The molecule has 0 saturated heterocycles. The molecule has 0 aliphatic heterocycles. The van der Waals surface area contributed by atoms with Crippen molar-refractivity contribution in [2.24, 2.45) is 0 Å². The Balaban J connectivity index is 0.618. The summed E-state index contributed by atoms with van der Waals surface area (Å²) in [6.45, 7) is 6.96. The van der Waals surface area contributed by atoms with Crippen molar-refractivity contribution in [1.82, 2.24) is 9.13 Å². The summed E-state index contributed by atoms with van der Waals surface area (Å²) < 4.78 is 4.81. The number of rotatable bonds is 12. The van der Waals surface area contributed by atoms with Crippen molar-refractivity contribution in [3.63, 3.8) is 0 Å². The average molecular weight is 1330 g/mol. The first kappa shape index (κ1) is 61.9. The van der Waals surface area contributed by atoms with Crippen LogP contribution in [0.1, 0.15) is 26.3 Å². The molecular weight excluding hydrogens is 1250 g/mol. The Bertz CT molecular complexity index is 6440. The van der Waals surface area contributed by atoms with Crippen LogP contribution in [-0.4, -0.2) is 9.13 Å². The maximum absolute atomic E-state index is 2.46. The van der Waals surface area contributed by atoms with E-state index in [1.54, 1.807) is 0 Å². The van der Waals surface area contributed by atoms with Gasteiger partial charge in [-0.3, -0.25) is 0 Å². The molecule has 0 amide bonds. The number of para-hydroxylation sites is 2. The molecule has 490 valence electrons. The largest absolute Gasteiger partial charge is 0.309 e. The summed E-state index contributed by atoms with van der Waals surface area (Å²) in [6.07, 6.45) is 0. The van der Waals surface area contributed by atoms with Gasteiger partial charge < -0.3 is 9.13 Å². The van der Waals surface area contributed by atoms with Gasteiger partial charge in [-0.25, -0.2) is 0 Å². The predicted octanol–water partition coefficient (Wildman–Crippen LogP) is 28.2. The lowest BCUT2D eigenvalue weighted by Gasteiger charge is -2.23. The van der Waals surface area contributed by atoms with Crippen LogP contribution in [-0.2, 0) is 5.41 Å². The minimum absolute atomic E-state index is 0.0475. The van der Waals surface area contributed by atoms with Crippen LogP contribution in [0.2, 0.25) is 0 Å². The summed E-state index contributed by atoms with van der Waals surface area (Å²) in [5.41, 5.74) is 32.4. The van der Waals surface area contributed by atoms with Crippen LogP contribution in [0.5, 0.6) is 0 Å². The molecule has 0 N–H and O–H groups in total. The van der Waals surface area contributed by atoms with Crippen LogP contribution in [0.4, 0.5) is 0 Å². The van der Waals surface area contributed by atoms with Gasteiger partial charge in [0.2, 0.25) is 0 Å². The lowest BCUT2D eigenvalue weighted by atomic mass is 9.81. The van der Waals surface area contributed by atoms with Gasteiger partial charge in [-0.15, -0.1) is 0 Å². The molecule has 104 heavy (non-hydrogen) atoms. The van der Waals surface area contributed by atoms with Gasteiger partial charge in [-0.05, 0) is 223 Å². The van der Waals surface area contributed by atoms with E-state index in [0.717, 1.165) is 11.4 Å². The monoisotopic (exact) mass is 1320 g/mol. The highest BCUT2D eigenvalue weighted by atomic mass is 15.0. The van der Waals surface area contributed by atoms with E-state index < -0.39 is 0 Å². The molecular formula is C102H72N2. The molecule has 0 aliphatic rings. The van der Waals surface area contributed by atoms with Crippen molar-refractivity contribution in [1.29, 1.82) is 0 Å². The highest BCUT2D eigenvalue weighted by molar-refractivity contribution is 6.22.